The highest BCUT2D eigenvalue weighted by Gasteiger charge is 2.13. The first-order valence-electron chi connectivity index (χ1n) is 5.44. The Morgan fingerprint density at radius 1 is 1.26 bits per heavy atom. The standard InChI is InChI=1S/C12H10BrCl2N3O/c1-2-6-11(16)17-5-18-12(6)19-10-4-8(14)7(13)3-9(10)15/h3-5H,2H2,1H3,(H2,16,17,18). The number of aromatic nitrogens is 2. The monoisotopic (exact) mass is 361 g/mol. The Bertz CT molecular complexity index is 622. The Balaban J connectivity index is 2.42. The molecule has 0 aliphatic rings. The summed E-state index contributed by atoms with van der Waals surface area (Å²) in [6, 6.07) is 3.28. The lowest BCUT2D eigenvalue weighted by atomic mass is 10.2. The van der Waals surface area contributed by atoms with Crippen LogP contribution < -0.4 is 10.5 Å². The van der Waals surface area contributed by atoms with Gasteiger partial charge in [0.1, 0.15) is 17.9 Å². The minimum absolute atomic E-state index is 0.385. The normalized spacial score (nSPS) is 10.5. The van der Waals surface area contributed by atoms with E-state index in [0.717, 1.165) is 5.56 Å². The molecule has 1 aromatic carbocycles. The molecular weight excluding hydrogens is 353 g/mol. The Kier molecular flexibility index (Phi) is 4.50. The maximum Gasteiger partial charge on any atom is 0.227 e. The first-order chi connectivity index (χ1) is 9.02. The van der Waals surface area contributed by atoms with E-state index < -0.39 is 0 Å². The average Bonchev–Trinajstić information content (AvgIpc) is 2.36. The van der Waals surface area contributed by atoms with Crippen molar-refractivity contribution in [2.45, 2.75) is 13.3 Å². The zero-order valence-corrected chi connectivity index (χ0v) is 13.1. The highest BCUT2D eigenvalue weighted by atomic mass is 79.9. The molecule has 100 valence electrons. The van der Waals surface area contributed by atoms with Crippen molar-refractivity contribution in [1.82, 2.24) is 9.97 Å². The van der Waals surface area contributed by atoms with Gasteiger partial charge in [0.2, 0.25) is 5.88 Å². The summed E-state index contributed by atoms with van der Waals surface area (Å²) in [7, 11) is 0. The SMILES string of the molecule is CCc1c(N)ncnc1Oc1cc(Cl)c(Br)cc1Cl. The number of rotatable bonds is 3. The minimum atomic E-state index is 0.385. The number of nitrogens with two attached hydrogens (primary N) is 1. The molecule has 0 saturated heterocycles. The fraction of sp³-hybridized carbons (Fsp3) is 0.167. The predicted molar refractivity (Wildman–Crippen MR) is 80.1 cm³/mol. The van der Waals surface area contributed by atoms with E-state index in [1.54, 1.807) is 12.1 Å². The number of ether oxygens (including phenoxy) is 1. The Labute approximate surface area is 129 Å². The molecule has 2 aromatic rings. The first kappa shape index (κ1) is 14.4. The second-order valence-electron chi connectivity index (χ2n) is 3.69. The van der Waals surface area contributed by atoms with E-state index in [4.69, 9.17) is 33.7 Å². The minimum Gasteiger partial charge on any atom is -0.437 e. The number of nitrogens with zero attached hydrogens (tertiary/aromatic N) is 2. The largest absolute Gasteiger partial charge is 0.437 e. The van der Waals surface area contributed by atoms with E-state index in [1.807, 2.05) is 6.92 Å². The second-order valence-corrected chi connectivity index (χ2v) is 5.36. The first-order valence-corrected chi connectivity index (χ1v) is 6.99. The molecule has 0 amide bonds. The van der Waals surface area contributed by atoms with Gasteiger partial charge in [-0.1, -0.05) is 30.1 Å². The molecule has 4 nitrogen and oxygen atoms in total. The van der Waals surface area contributed by atoms with Gasteiger partial charge in [-0.3, -0.25) is 0 Å². The fourth-order valence-electron chi connectivity index (χ4n) is 1.52. The molecule has 0 radical (unpaired) electrons. The maximum atomic E-state index is 6.10. The van der Waals surface area contributed by atoms with Crippen LogP contribution in [0, 0.1) is 0 Å². The summed E-state index contributed by atoms with van der Waals surface area (Å²) >= 11 is 15.4. The van der Waals surface area contributed by atoms with Crippen LogP contribution in [0.25, 0.3) is 0 Å². The van der Waals surface area contributed by atoms with Crippen LogP contribution in [0.4, 0.5) is 5.82 Å². The molecule has 0 unspecified atom stereocenters. The molecule has 0 fully saturated rings. The van der Waals surface area contributed by atoms with Crippen molar-refractivity contribution in [3.8, 4) is 11.6 Å². The van der Waals surface area contributed by atoms with Gasteiger partial charge in [0.25, 0.3) is 0 Å². The van der Waals surface area contributed by atoms with Gasteiger partial charge in [-0.15, -0.1) is 0 Å². The van der Waals surface area contributed by atoms with Crippen LogP contribution in [0.1, 0.15) is 12.5 Å². The molecule has 1 heterocycles. The molecular formula is C12H10BrCl2N3O. The Morgan fingerprint density at radius 3 is 2.68 bits per heavy atom. The smallest absolute Gasteiger partial charge is 0.227 e. The third kappa shape index (κ3) is 3.11. The van der Waals surface area contributed by atoms with Crippen molar-refractivity contribution in [2.75, 3.05) is 5.73 Å². The van der Waals surface area contributed by atoms with Crippen molar-refractivity contribution < 1.29 is 4.74 Å². The number of nitrogen functional groups attached to an aromatic ring is 1. The molecule has 7 heteroatoms. The molecule has 0 atom stereocenters. The number of hydrogen-bond donors (Lipinski definition) is 1. The molecule has 1 aromatic heterocycles. The van der Waals surface area contributed by atoms with Gasteiger partial charge < -0.3 is 10.5 Å². The Hall–Kier alpha value is -1.04. The zero-order valence-electron chi connectivity index (χ0n) is 9.95. The summed E-state index contributed by atoms with van der Waals surface area (Å²) in [5, 5.41) is 0.926. The molecule has 19 heavy (non-hydrogen) atoms. The van der Waals surface area contributed by atoms with Crippen molar-refractivity contribution in [3.05, 3.63) is 38.5 Å². The molecule has 0 aliphatic heterocycles. The summed E-state index contributed by atoms with van der Waals surface area (Å²) in [4.78, 5) is 8.00. The predicted octanol–water partition coefficient (Wildman–Crippen LogP) is 4.48. The average molecular weight is 363 g/mol. The van der Waals surface area contributed by atoms with Crippen LogP contribution in [0.2, 0.25) is 10.0 Å². The molecule has 2 N–H and O–H groups in total. The lowest BCUT2D eigenvalue weighted by molar-refractivity contribution is 0.456. The summed E-state index contributed by atoms with van der Waals surface area (Å²) in [5.74, 6) is 1.20. The van der Waals surface area contributed by atoms with Crippen molar-refractivity contribution in [2.24, 2.45) is 0 Å². The number of benzene rings is 1. The van der Waals surface area contributed by atoms with Gasteiger partial charge in [-0.05, 0) is 28.4 Å². The molecule has 0 bridgehead atoms. The lowest BCUT2D eigenvalue weighted by Crippen LogP contribution is -2.02. The van der Waals surface area contributed by atoms with Gasteiger partial charge in [0.05, 0.1) is 15.6 Å². The van der Waals surface area contributed by atoms with E-state index in [1.165, 1.54) is 6.33 Å². The van der Waals surface area contributed by atoms with Gasteiger partial charge >= 0.3 is 0 Å². The van der Waals surface area contributed by atoms with Crippen molar-refractivity contribution in [3.63, 3.8) is 0 Å². The molecule has 0 spiro atoms. The van der Waals surface area contributed by atoms with Gasteiger partial charge in [-0.25, -0.2) is 9.97 Å². The molecule has 0 aliphatic carbocycles. The number of halogens is 3. The van der Waals surface area contributed by atoms with Crippen LogP contribution in [-0.2, 0) is 6.42 Å². The van der Waals surface area contributed by atoms with Crippen LogP contribution in [-0.4, -0.2) is 9.97 Å². The van der Waals surface area contributed by atoms with Gasteiger partial charge in [0, 0.05) is 10.5 Å². The highest BCUT2D eigenvalue weighted by molar-refractivity contribution is 9.10. The van der Waals surface area contributed by atoms with E-state index in [-0.39, 0.29) is 0 Å². The summed E-state index contributed by atoms with van der Waals surface area (Å²) < 4.78 is 6.38. The summed E-state index contributed by atoms with van der Waals surface area (Å²) in [5.41, 5.74) is 6.51. The highest BCUT2D eigenvalue weighted by Crippen LogP contribution is 2.37. The van der Waals surface area contributed by atoms with Crippen LogP contribution in [0.5, 0.6) is 11.6 Å². The third-order valence-corrected chi connectivity index (χ3v) is 3.97. The topological polar surface area (TPSA) is 61.0 Å². The summed E-state index contributed by atoms with van der Waals surface area (Å²) in [6.45, 7) is 1.94. The third-order valence-electron chi connectivity index (χ3n) is 2.47. The van der Waals surface area contributed by atoms with Gasteiger partial charge in [0.15, 0.2) is 0 Å². The van der Waals surface area contributed by atoms with E-state index in [2.05, 4.69) is 25.9 Å². The molecule has 2 rings (SSSR count). The fourth-order valence-corrected chi connectivity index (χ4v) is 2.35. The number of anilines is 1. The zero-order chi connectivity index (χ0) is 14.0. The molecule has 0 saturated carbocycles. The van der Waals surface area contributed by atoms with Crippen molar-refractivity contribution in [1.29, 1.82) is 0 Å². The van der Waals surface area contributed by atoms with Crippen LogP contribution in [0.3, 0.4) is 0 Å². The number of hydrogen-bond acceptors (Lipinski definition) is 4. The van der Waals surface area contributed by atoms with Crippen molar-refractivity contribution >= 4 is 44.9 Å². The van der Waals surface area contributed by atoms with E-state index in [0.29, 0.717) is 38.4 Å². The second kappa shape index (κ2) is 5.94. The quantitative estimate of drug-likeness (QED) is 0.817. The Morgan fingerprint density at radius 2 is 2.00 bits per heavy atom. The maximum absolute atomic E-state index is 6.10. The van der Waals surface area contributed by atoms with Gasteiger partial charge in [-0.2, -0.15) is 0 Å². The summed E-state index contributed by atoms with van der Waals surface area (Å²) in [6.07, 6.45) is 2.00. The lowest BCUT2D eigenvalue weighted by Gasteiger charge is -2.11. The van der Waals surface area contributed by atoms with Crippen LogP contribution >= 0.6 is 39.1 Å². The van der Waals surface area contributed by atoms with Crippen LogP contribution in [0.15, 0.2) is 22.9 Å². The van der Waals surface area contributed by atoms with E-state index in [9.17, 15) is 0 Å². The van der Waals surface area contributed by atoms with E-state index >= 15 is 0 Å².